The first-order valence-electron chi connectivity index (χ1n) is 7.72. The van der Waals surface area contributed by atoms with Gasteiger partial charge in [-0.15, -0.1) is 0 Å². The molecule has 0 radical (unpaired) electrons. The normalized spacial score (nSPS) is 14.2. The Kier molecular flexibility index (Phi) is 8.20. The Morgan fingerprint density at radius 1 is 1.25 bits per heavy atom. The van der Waals surface area contributed by atoms with Crippen molar-refractivity contribution in [2.75, 3.05) is 13.2 Å². The number of hydrogen-bond donors (Lipinski definition) is 1. The third-order valence-corrected chi connectivity index (χ3v) is 3.89. The van der Waals surface area contributed by atoms with Crippen molar-refractivity contribution < 1.29 is 4.74 Å². The van der Waals surface area contributed by atoms with E-state index in [-0.39, 0.29) is 6.10 Å². The zero-order valence-corrected chi connectivity index (χ0v) is 14.0. The van der Waals surface area contributed by atoms with Crippen molar-refractivity contribution in [2.24, 2.45) is 0 Å². The van der Waals surface area contributed by atoms with Crippen molar-refractivity contribution in [1.82, 2.24) is 5.32 Å². The molecule has 0 fully saturated rings. The van der Waals surface area contributed by atoms with E-state index in [9.17, 15) is 0 Å². The predicted molar refractivity (Wildman–Crippen MR) is 87.7 cm³/mol. The van der Waals surface area contributed by atoms with Gasteiger partial charge in [-0.3, -0.25) is 0 Å². The maximum atomic E-state index is 6.36. The van der Waals surface area contributed by atoms with Crippen LogP contribution in [-0.4, -0.2) is 25.3 Å². The van der Waals surface area contributed by atoms with Crippen LogP contribution in [0.3, 0.4) is 0 Å². The molecular formula is C17H28ClNO. The van der Waals surface area contributed by atoms with Crippen molar-refractivity contribution in [3.8, 4) is 0 Å². The lowest BCUT2D eigenvalue weighted by atomic mass is 9.98. The summed E-state index contributed by atoms with van der Waals surface area (Å²) in [5.41, 5.74) is 2.40. The molecule has 0 aromatic heterocycles. The highest BCUT2D eigenvalue weighted by atomic mass is 35.5. The zero-order valence-electron chi connectivity index (χ0n) is 13.2. The van der Waals surface area contributed by atoms with Gasteiger partial charge in [-0.25, -0.2) is 0 Å². The molecule has 0 saturated carbocycles. The summed E-state index contributed by atoms with van der Waals surface area (Å²) in [5, 5.41) is 4.47. The van der Waals surface area contributed by atoms with Crippen LogP contribution in [0.25, 0.3) is 0 Å². The molecule has 1 aromatic rings. The highest BCUT2D eigenvalue weighted by Gasteiger charge is 2.21. The SMILES string of the molecule is CCCNC(Cc1ccc(C)cc1Cl)C(CC)OCC. The van der Waals surface area contributed by atoms with Gasteiger partial charge >= 0.3 is 0 Å². The second-order valence-electron chi connectivity index (χ2n) is 5.26. The van der Waals surface area contributed by atoms with E-state index >= 15 is 0 Å². The number of aryl methyl sites for hydroxylation is 1. The van der Waals surface area contributed by atoms with E-state index in [1.807, 2.05) is 6.07 Å². The molecule has 20 heavy (non-hydrogen) atoms. The van der Waals surface area contributed by atoms with Crippen molar-refractivity contribution >= 4 is 11.6 Å². The summed E-state index contributed by atoms with van der Waals surface area (Å²) in [6.07, 6.45) is 3.29. The molecule has 1 rings (SSSR count). The first-order chi connectivity index (χ1) is 9.62. The number of halogens is 1. The molecule has 0 spiro atoms. The van der Waals surface area contributed by atoms with Gasteiger partial charge in [0.25, 0.3) is 0 Å². The standard InChI is InChI=1S/C17H28ClNO/c1-5-10-19-16(17(6-2)20-7-3)12-14-9-8-13(4)11-15(14)18/h8-9,11,16-17,19H,5-7,10,12H2,1-4H3. The Balaban J connectivity index is 2.81. The van der Waals surface area contributed by atoms with Gasteiger partial charge in [-0.1, -0.05) is 37.6 Å². The average molecular weight is 298 g/mol. The van der Waals surface area contributed by atoms with E-state index in [1.165, 1.54) is 11.1 Å². The third-order valence-electron chi connectivity index (χ3n) is 3.54. The second kappa shape index (κ2) is 9.38. The van der Waals surface area contributed by atoms with Crippen LogP contribution in [0.15, 0.2) is 18.2 Å². The molecule has 0 bridgehead atoms. The quantitative estimate of drug-likeness (QED) is 0.730. The fourth-order valence-electron chi connectivity index (χ4n) is 2.45. The van der Waals surface area contributed by atoms with Gasteiger partial charge in [0.05, 0.1) is 6.10 Å². The molecule has 2 atom stereocenters. The minimum Gasteiger partial charge on any atom is -0.377 e. The molecule has 0 aliphatic heterocycles. The lowest BCUT2D eigenvalue weighted by Crippen LogP contribution is -2.43. The van der Waals surface area contributed by atoms with E-state index in [4.69, 9.17) is 16.3 Å². The van der Waals surface area contributed by atoms with E-state index in [0.717, 1.165) is 37.4 Å². The van der Waals surface area contributed by atoms with Gasteiger partial charge in [0.15, 0.2) is 0 Å². The Labute approximate surface area is 128 Å². The summed E-state index contributed by atoms with van der Waals surface area (Å²) in [7, 11) is 0. The van der Waals surface area contributed by atoms with Gasteiger partial charge in [0.1, 0.15) is 0 Å². The summed E-state index contributed by atoms with van der Waals surface area (Å²) in [4.78, 5) is 0. The van der Waals surface area contributed by atoms with Crippen LogP contribution in [0.2, 0.25) is 5.02 Å². The fourth-order valence-corrected chi connectivity index (χ4v) is 2.76. The highest BCUT2D eigenvalue weighted by Crippen LogP contribution is 2.21. The Morgan fingerprint density at radius 2 is 2.00 bits per heavy atom. The molecule has 0 saturated heterocycles. The average Bonchev–Trinajstić information content (AvgIpc) is 2.43. The van der Waals surface area contributed by atoms with Gasteiger partial charge < -0.3 is 10.1 Å². The first-order valence-corrected chi connectivity index (χ1v) is 8.10. The van der Waals surface area contributed by atoms with Crippen molar-refractivity contribution in [1.29, 1.82) is 0 Å². The zero-order chi connectivity index (χ0) is 15.0. The maximum absolute atomic E-state index is 6.36. The summed E-state index contributed by atoms with van der Waals surface area (Å²) >= 11 is 6.36. The van der Waals surface area contributed by atoms with Crippen molar-refractivity contribution in [3.63, 3.8) is 0 Å². The van der Waals surface area contributed by atoms with Gasteiger partial charge in [-0.05, 0) is 56.8 Å². The molecule has 2 unspecified atom stereocenters. The molecule has 1 N–H and O–H groups in total. The fraction of sp³-hybridized carbons (Fsp3) is 0.647. The monoisotopic (exact) mass is 297 g/mol. The summed E-state index contributed by atoms with van der Waals surface area (Å²) in [6.45, 7) is 10.3. The van der Waals surface area contributed by atoms with Crippen LogP contribution in [0.5, 0.6) is 0 Å². The van der Waals surface area contributed by atoms with Crippen LogP contribution in [-0.2, 0) is 11.2 Å². The molecule has 0 heterocycles. The second-order valence-corrected chi connectivity index (χ2v) is 5.67. The van der Waals surface area contributed by atoms with E-state index < -0.39 is 0 Å². The van der Waals surface area contributed by atoms with E-state index in [1.54, 1.807) is 0 Å². The topological polar surface area (TPSA) is 21.3 Å². The van der Waals surface area contributed by atoms with Crippen LogP contribution < -0.4 is 5.32 Å². The van der Waals surface area contributed by atoms with Crippen molar-refractivity contribution in [2.45, 2.75) is 59.1 Å². The Bertz CT molecular complexity index is 395. The molecule has 3 heteroatoms. The number of hydrogen-bond acceptors (Lipinski definition) is 2. The summed E-state index contributed by atoms with van der Waals surface area (Å²) < 4.78 is 5.88. The van der Waals surface area contributed by atoms with Gasteiger partial charge in [0.2, 0.25) is 0 Å². The summed E-state index contributed by atoms with van der Waals surface area (Å²) in [5.74, 6) is 0. The smallest absolute Gasteiger partial charge is 0.0728 e. The molecule has 0 amide bonds. The molecular weight excluding hydrogens is 270 g/mol. The van der Waals surface area contributed by atoms with Crippen LogP contribution in [0, 0.1) is 6.92 Å². The van der Waals surface area contributed by atoms with Crippen LogP contribution >= 0.6 is 11.6 Å². The molecule has 0 aliphatic rings. The summed E-state index contributed by atoms with van der Waals surface area (Å²) in [6, 6.07) is 6.62. The number of ether oxygens (including phenoxy) is 1. The predicted octanol–water partition coefficient (Wildman–Crippen LogP) is 4.37. The molecule has 114 valence electrons. The van der Waals surface area contributed by atoms with Gasteiger partial charge in [0, 0.05) is 17.7 Å². The number of rotatable bonds is 9. The first kappa shape index (κ1) is 17.5. The Morgan fingerprint density at radius 3 is 2.55 bits per heavy atom. The number of nitrogens with one attached hydrogen (secondary N) is 1. The van der Waals surface area contributed by atoms with Gasteiger partial charge in [-0.2, -0.15) is 0 Å². The van der Waals surface area contributed by atoms with Crippen molar-refractivity contribution in [3.05, 3.63) is 34.3 Å². The Hall–Kier alpha value is -0.570. The lowest BCUT2D eigenvalue weighted by molar-refractivity contribution is 0.0320. The van der Waals surface area contributed by atoms with E-state index in [2.05, 4.69) is 45.1 Å². The molecule has 0 aliphatic carbocycles. The lowest BCUT2D eigenvalue weighted by Gasteiger charge is -2.27. The highest BCUT2D eigenvalue weighted by molar-refractivity contribution is 6.31. The minimum atomic E-state index is 0.240. The van der Waals surface area contributed by atoms with E-state index in [0.29, 0.717) is 6.04 Å². The molecule has 2 nitrogen and oxygen atoms in total. The number of benzene rings is 1. The van der Waals surface area contributed by atoms with Crippen LogP contribution in [0.4, 0.5) is 0 Å². The third kappa shape index (κ3) is 5.43. The molecule has 1 aromatic carbocycles. The van der Waals surface area contributed by atoms with Crippen LogP contribution in [0.1, 0.15) is 44.7 Å². The largest absolute Gasteiger partial charge is 0.377 e. The minimum absolute atomic E-state index is 0.240. The maximum Gasteiger partial charge on any atom is 0.0728 e.